The number of benzene rings is 3. The number of rotatable bonds is 5. The maximum atomic E-state index is 6.41. The standard InChI is InChI=1S/C31H27ClN6/c1-4-21-15-23(13-14-26(21)32)29-28-30(33)34-18-35-31(28)37(36-29)17-25-16-22-10-8-9-19(2)27(22)20(3)38(25)24-11-6-5-7-12-24/h5-16,18H,3-4,17H2,1-2H3,(H2,33,34,35). The Morgan fingerprint density at radius 3 is 2.61 bits per heavy atom. The highest BCUT2D eigenvalue weighted by atomic mass is 35.5. The number of nitrogens with two attached hydrogens (primary N) is 1. The number of nitrogens with zero attached hydrogens (tertiary/aromatic N) is 5. The van der Waals surface area contributed by atoms with E-state index < -0.39 is 0 Å². The molecule has 0 amide bonds. The van der Waals surface area contributed by atoms with Crippen molar-refractivity contribution in [2.45, 2.75) is 26.8 Å². The van der Waals surface area contributed by atoms with Crippen LogP contribution in [0.25, 0.3) is 34.1 Å². The number of aryl methyl sites for hydroxylation is 2. The molecule has 3 heterocycles. The number of halogens is 1. The van der Waals surface area contributed by atoms with Crippen molar-refractivity contribution in [3.8, 4) is 11.3 Å². The molecule has 6 rings (SSSR count). The maximum absolute atomic E-state index is 6.41. The quantitative estimate of drug-likeness (QED) is 0.268. The Bertz CT molecular complexity index is 1730. The van der Waals surface area contributed by atoms with E-state index in [1.807, 2.05) is 35.0 Å². The van der Waals surface area contributed by atoms with E-state index in [1.54, 1.807) is 0 Å². The number of fused-ring (bicyclic) bond motifs is 2. The highest BCUT2D eigenvalue weighted by molar-refractivity contribution is 6.31. The molecule has 0 bridgehead atoms. The molecule has 0 aliphatic carbocycles. The second-order valence-corrected chi connectivity index (χ2v) is 9.82. The van der Waals surface area contributed by atoms with Crippen molar-refractivity contribution in [1.29, 1.82) is 0 Å². The fourth-order valence-electron chi connectivity index (χ4n) is 5.24. The third kappa shape index (κ3) is 3.94. The van der Waals surface area contributed by atoms with Crippen LogP contribution in [-0.2, 0) is 13.0 Å². The van der Waals surface area contributed by atoms with E-state index in [-0.39, 0.29) is 0 Å². The largest absolute Gasteiger partial charge is 0.383 e. The molecular weight excluding hydrogens is 492 g/mol. The van der Waals surface area contributed by atoms with Crippen LogP contribution < -0.4 is 10.6 Å². The minimum Gasteiger partial charge on any atom is -0.383 e. The predicted octanol–water partition coefficient (Wildman–Crippen LogP) is 7.13. The molecule has 0 atom stereocenters. The molecule has 0 spiro atoms. The molecule has 7 heteroatoms. The first kappa shape index (κ1) is 23.9. The van der Waals surface area contributed by atoms with E-state index in [1.165, 1.54) is 11.9 Å². The average molecular weight is 519 g/mol. The molecule has 1 aliphatic heterocycles. The summed E-state index contributed by atoms with van der Waals surface area (Å²) in [6, 6.07) is 22.5. The lowest BCUT2D eigenvalue weighted by Crippen LogP contribution is -2.27. The van der Waals surface area contributed by atoms with Crippen LogP contribution in [0.3, 0.4) is 0 Å². The highest BCUT2D eigenvalue weighted by Crippen LogP contribution is 2.39. The van der Waals surface area contributed by atoms with Crippen LogP contribution in [0.5, 0.6) is 0 Å². The fraction of sp³-hybridized carbons (Fsp3) is 0.129. The summed E-state index contributed by atoms with van der Waals surface area (Å²) in [5.74, 6) is 0.396. The van der Waals surface area contributed by atoms with Crippen LogP contribution in [-0.4, -0.2) is 19.7 Å². The third-order valence-corrected chi connectivity index (χ3v) is 7.43. The van der Waals surface area contributed by atoms with Gasteiger partial charge in [0.2, 0.25) is 0 Å². The molecule has 6 nitrogen and oxygen atoms in total. The zero-order chi connectivity index (χ0) is 26.4. The van der Waals surface area contributed by atoms with Crippen molar-refractivity contribution in [3.63, 3.8) is 0 Å². The molecule has 188 valence electrons. The summed E-state index contributed by atoms with van der Waals surface area (Å²) in [5, 5.41) is 6.51. The number of allylic oxidation sites excluding steroid dienone is 1. The van der Waals surface area contributed by atoms with E-state index in [4.69, 9.17) is 22.4 Å². The molecule has 3 aromatic carbocycles. The molecule has 38 heavy (non-hydrogen) atoms. The van der Waals surface area contributed by atoms with Gasteiger partial charge in [-0.05, 0) is 60.4 Å². The first-order chi connectivity index (χ1) is 18.5. The second kappa shape index (κ2) is 9.47. The average Bonchev–Trinajstić information content (AvgIpc) is 3.29. The van der Waals surface area contributed by atoms with Crippen molar-refractivity contribution < 1.29 is 0 Å². The summed E-state index contributed by atoms with van der Waals surface area (Å²) in [4.78, 5) is 11.1. The lowest BCUT2D eigenvalue weighted by atomic mass is 9.94. The van der Waals surface area contributed by atoms with Crippen LogP contribution in [0.15, 0.2) is 85.3 Å². The van der Waals surface area contributed by atoms with Gasteiger partial charge < -0.3 is 10.6 Å². The summed E-state index contributed by atoms with van der Waals surface area (Å²) in [6.07, 6.45) is 4.51. The van der Waals surface area contributed by atoms with Gasteiger partial charge in [0.05, 0.1) is 11.9 Å². The van der Waals surface area contributed by atoms with Crippen LogP contribution in [0.1, 0.15) is 29.2 Å². The van der Waals surface area contributed by atoms with Gasteiger partial charge in [-0.25, -0.2) is 14.6 Å². The van der Waals surface area contributed by atoms with Crippen LogP contribution in [0.2, 0.25) is 5.02 Å². The summed E-state index contributed by atoms with van der Waals surface area (Å²) < 4.78 is 1.90. The number of para-hydroxylation sites is 1. The molecule has 1 aliphatic rings. The molecule has 0 unspecified atom stereocenters. The van der Waals surface area contributed by atoms with E-state index in [0.29, 0.717) is 18.0 Å². The highest BCUT2D eigenvalue weighted by Gasteiger charge is 2.26. The van der Waals surface area contributed by atoms with Gasteiger partial charge in [0.15, 0.2) is 5.65 Å². The smallest absolute Gasteiger partial charge is 0.164 e. The molecule has 0 fully saturated rings. The van der Waals surface area contributed by atoms with E-state index >= 15 is 0 Å². The van der Waals surface area contributed by atoms with Gasteiger partial charge in [-0.2, -0.15) is 5.10 Å². The van der Waals surface area contributed by atoms with Gasteiger partial charge in [-0.1, -0.05) is 67.6 Å². The summed E-state index contributed by atoms with van der Waals surface area (Å²) in [5.41, 5.74) is 16.2. The topological polar surface area (TPSA) is 72.9 Å². The Balaban J connectivity index is 1.53. The van der Waals surface area contributed by atoms with Gasteiger partial charge >= 0.3 is 0 Å². The zero-order valence-corrected chi connectivity index (χ0v) is 22.1. The van der Waals surface area contributed by atoms with Crippen molar-refractivity contribution >= 4 is 45.9 Å². The van der Waals surface area contributed by atoms with Crippen LogP contribution in [0.4, 0.5) is 11.5 Å². The molecule has 2 aromatic heterocycles. The van der Waals surface area contributed by atoms with E-state index in [9.17, 15) is 0 Å². The van der Waals surface area contributed by atoms with Gasteiger partial charge in [0.1, 0.15) is 17.8 Å². The van der Waals surface area contributed by atoms with Gasteiger partial charge in [0, 0.05) is 33.2 Å². The normalized spacial score (nSPS) is 13.1. The lowest BCUT2D eigenvalue weighted by molar-refractivity contribution is 0.689. The van der Waals surface area contributed by atoms with E-state index in [0.717, 1.165) is 61.9 Å². The van der Waals surface area contributed by atoms with Crippen molar-refractivity contribution in [2.75, 3.05) is 10.6 Å². The van der Waals surface area contributed by atoms with E-state index in [2.05, 4.69) is 77.8 Å². The Labute approximate surface area is 226 Å². The Morgan fingerprint density at radius 1 is 1.00 bits per heavy atom. The number of anilines is 2. The number of nitrogen functional groups attached to an aromatic ring is 1. The molecule has 5 aromatic rings. The summed E-state index contributed by atoms with van der Waals surface area (Å²) >= 11 is 6.41. The SMILES string of the molecule is C=C1c2c(C)cccc2C=C(Cn2nc(-c3ccc(Cl)c(CC)c3)c3c(N)ncnc32)N1c1ccccc1. The van der Waals surface area contributed by atoms with Crippen molar-refractivity contribution in [3.05, 3.63) is 113 Å². The Hall–Kier alpha value is -4.42. The molecular formula is C31H27ClN6. The predicted molar refractivity (Wildman–Crippen MR) is 157 cm³/mol. The summed E-state index contributed by atoms with van der Waals surface area (Å²) in [6.45, 7) is 9.18. The zero-order valence-electron chi connectivity index (χ0n) is 21.3. The minimum atomic E-state index is 0.396. The monoisotopic (exact) mass is 518 g/mol. The minimum absolute atomic E-state index is 0.396. The Morgan fingerprint density at radius 2 is 1.82 bits per heavy atom. The van der Waals surface area contributed by atoms with Gasteiger partial charge in [-0.15, -0.1) is 0 Å². The first-order valence-electron chi connectivity index (χ1n) is 12.6. The second-order valence-electron chi connectivity index (χ2n) is 9.42. The van der Waals surface area contributed by atoms with Crippen LogP contribution in [0, 0.1) is 6.92 Å². The van der Waals surface area contributed by atoms with Gasteiger partial charge in [0.25, 0.3) is 0 Å². The number of hydrogen-bond donors (Lipinski definition) is 1. The summed E-state index contributed by atoms with van der Waals surface area (Å²) in [7, 11) is 0. The first-order valence-corrected chi connectivity index (χ1v) is 12.9. The van der Waals surface area contributed by atoms with Crippen molar-refractivity contribution in [2.24, 2.45) is 0 Å². The maximum Gasteiger partial charge on any atom is 0.164 e. The van der Waals surface area contributed by atoms with Gasteiger partial charge in [-0.3, -0.25) is 0 Å². The fourth-order valence-corrected chi connectivity index (χ4v) is 5.49. The van der Waals surface area contributed by atoms with Crippen LogP contribution >= 0.6 is 11.6 Å². The molecule has 0 saturated carbocycles. The van der Waals surface area contributed by atoms with Crippen molar-refractivity contribution in [1.82, 2.24) is 19.7 Å². The lowest BCUT2D eigenvalue weighted by Gasteiger charge is -2.34. The molecule has 0 saturated heterocycles. The Kier molecular flexibility index (Phi) is 5.97. The third-order valence-electron chi connectivity index (χ3n) is 7.06. The number of aromatic nitrogens is 4. The molecule has 0 radical (unpaired) electrons. The molecule has 2 N–H and O–H groups in total. The number of hydrogen-bond acceptors (Lipinski definition) is 5.